The molecule has 2 unspecified atom stereocenters. The summed E-state index contributed by atoms with van der Waals surface area (Å²) in [5.74, 6) is 0.606. The second kappa shape index (κ2) is 8.21. The summed E-state index contributed by atoms with van der Waals surface area (Å²) in [4.78, 5) is 12.1. The number of halogens is 2. The van der Waals surface area contributed by atoms with E-state index in [2.05, 4.69) is 34.8 Å². The van der Waals surface area contributed by atoms with Gasteiger partial charge in [-0.25, -0.2) is 5.43 Å². The Kier molecular flexibility index (Phi) is 6.29. The largest absolute Gasteiger partial charge is 0.435 e. The number of hydrogen-bond donors (Lipinski definition) is 3. The molecular formula is C16H23F2N3O2. The molecular weight excluding hydrogens is 304 g/mol. The number of nitrogens with one attached hydrogen (secondary N) is 3. The molecule has 2 rings (SSSR count). The lowest BCUT2D eigenvalue weighted by molar-refractivity contribution is -0.123. The lowest BCUT2D eigenvalue weighted by Crippen LogP contribution is -2.43. The van der Waals surface area contributed by atoms with Crippen molar-refractivity contribution in [3.8, 4) is 5.75 Å². The number of hydrazine groups is 1. The average Bonchev–Trinajstić information content (AvgIpc) is 2.93. The summed E-state index contributed by atoms with van der Waals surface area (Å²) in [7, 11) is 0. The van der Waals surface area contributed by atoms with Gasteiger partial charge >= 0.3 is 6.61 Å². The van der Waals surface area contributed by atoms with Crippen molar-refractivity contribution in [1.29, 1.82) is 0 Å². The molecule has 0 spiro atoms. The van der Waals surface area contributed by atoms with Gasteiger partial charge in [-0.1, -0.05) is 26.0 Å². The molecule has 1 fully saturated rings. The molecule has 0 aliphatic carbocycles. The van der Waals surface area contributed by atoms with Crippen LogP contribution in [0.3, 0.4) is 0 Å². The fourth-order valence-electron chi connectivity index (χ4n) is 2.62. The minimum Gasteiger partial charge on any atom is -0.435 e. The highest BCUT2D eigenvalue weighted by molar-refractivity contribution is 5.82. The van der Waals surface area contributed by atoms with E-state index in [1.165, 1.54) is 12.1 Å². The quantitative estimate of drug-likeness (QED) is 0.718. The van der Waals surface area contributed by atoms with Crippen molar-refractivity contribution in [2.24, 2.45) is 5.92 Å². The lowest BCUT2D eigenvalue weighted by atomic mass is 10.00. The van der Waals surface area contributed by atoms with Crippen LogP contribution in [0.15, 0.2) is 24.3 Å². The van der Waals surface area contributed by atoms with E-state index in [-0.39, 0.29) is 17.7 Å². The van der Waals surface area contributed by atoms with E-state index in [1.54, 1.807) is 12.1 Å². The molecule has 5 nitrogen and oxygen atoms in total. The lowest BCUT2D eigenvalue weighted by Gasteiger charge is -2.12. The van der Waals surface area contributed by atoms with Crippen LogP contribution in [0.4, 0.5) is 8.78 Å². The number of hydrogen-bond acceptors (Lipinski definition) is 4. The Morgan fingerprint density at radius 1 is 1.30 bits per heavy atom. The van der Waals surface area contributed by atoms with E-state index in [9.17, 15) is 13.6 Å². The molecule has 3 N–H and O–H groups in total. The molecule has 1 saturated heterocycles. The molecule has 1 aromatic rings. The molecule has 0 saturated carbocycles. The highest BCUT2D eigenvalue weighted by Gasteiger charge is 2.29. The molecule has 0 bridgehead atoms. The van der Waals surface area contributed by atoms with E-state index in [4.69, 9.17) is 0 Å². The number of carbonyl (C=O) groups is 1. The van der Waals surface area contributed by atoms with Gasteiger partial charge in [0.1, 0.15) is 11.8 Å². The number of carbonyl (C=O) groups excluding carboxylic acids is 1. The first-order valence-electron chi connectivity index (χ1n) is 7.76. The van der Waals surface area contributed by atoms with Crippen LogP contribution in [0.25, 0.3) is 0 Å². The number of benzene rings is 1. The third kappa shape index (κ3) is 5.76. The Bertz CT molecular complexity index is 509. The summed E-state index contributed by atoms with van der Waals surface area (Å²) in [5.41, 5.74) is 6.98. The van der Waals surface area contributed by atoms with Gasteiger partial charge in [0, 0.05) is 12.6 Å². The maximum Gasteiger partial charge on any atom is 0.387 e. The smallest absolute Gasteiger partial charge is 0.387 e. The van der Waals surface area contributed by atoms with Crippen molar-refractivity contribution in [3.05, 3.63) is 29.8 Å². The summed E-state index contributed by atoms with van der Waals surface area (Å²) < 4.78 is 28.4. The van der Waals surface area contributed by atoms with Crippen molar-refractivity contribution in [1.82, 2.24) is 16.2 Å². The Morgan fingerprint density at radius 3 is 2.61 bits per heavy atom. The van der Waals surface area contributed by atoms with E-state index < -0.39 is 6.61 Å². The third-order valence-corrected chi connectivity index (χ3v) is 3.67. The topological polar surface area (TPSA) is 62.4 Å². The van der Waals surface area contributed by atoms with Crippen molar-refractivity contribution in [2.45, 2.75) is 51.9 Å². The van der Waals surface area contributed by atoms with E-state index in [0.717, 1.165) is 18.4 Å². The SMILES string of the molecule is CC(C)CC1CC(C(=O)NCc2ccc(OC(F)F)cc2)NN1. The molecule has 128 valence electrons. The van der Waals surface area contributed by atoms with Crippen LogP contribution >= 0.6 is 0 Å². The molecule has 0 radical (unpaired) electrons. The highest BCUT2D eigenvalue weighted by Crippen LogP contribution is 2.16. The molecule has 1 aliphatic heterocycles. The van der Waals surface area contributed by atoms with Gasteiger partial charge < -0.3 is 10.1 Å². The van der Waals surface area contributed by atoms with Crippen LogP contribution in [-0.4, -0.2) is 24.6 Å². The molecule has 1 aromatic carbocycles. The summed E-state index contributed by atoms with van der Waals surface area (Å²) in [5, 5.41) is 2.84. The first-order valence-corrected chi connectivity index (χ1v) is 7.76. The molecule has 7 heteroatoms. The van der Waals surface area contributed by atoms with Crippen LogP contribution in [-0.2, 0) is 11.3 Å². The van der Waals surface area contributed by atoms with Crippen LogP contribution in [0.5, 0.6) is 5.75 Å². The number of ether oxygens (including phenoxy) is 1. The predicted octanol–water partition coefficient (Wildman–Crippen LogP) is 2.19. The van der Waals surface area contributed by atoms with Gasteiger partial charge in [-0.15, -0.1) is 0 Å². The number of amides is 1. The Morgan fingerprint density at radius 2 is 2.00 bits per heavy atom. The maximum absolute atomic E-state index is 12.1. The van der Waals surface area contributed by atoms with Crippen molar-refractivity contribution in [3.63, 3.8) is 0 Å². The molecule has 0 aromatic heterocycles. The molecule has 1 aliphatic rings. The molecule has 2 atom stereocenters. The Hall–Kier alpha value is -1.73. The maximum atomic E-state index is 12.1. The zero-order chi connectivity index (χ0) is 16.8. The normalized spacial score (nSPS) is 21.0. The monoisotopic (exact) mass is 327 g/mol. The van der Waals surface area contributed by atoms with Crippen LogP contribution in [0.1, 0.15) is 32.3 Å². The second-order valence-electron chi connectivity index (χ2n) is 6.14. The van der Waals surface area contributed by atoms with E-state index >= 15 is 0 Å². The number of rotatable bonds is 7. The summed E-state index contributed by atoms with van der Waals surface area (Å²) in [6.45, 7) is 1.81. The zero-order valence-corrected chi connectivity index (χ0v) is 13.3. The van der Waals surface area contributed by atoms with Gasteiger partial charge in [0.15, 0.2) is 0 Å². The average molecular weight is 327 g/mol. The van der Waals surface area contributed by atoms with Gasteiger partial charge in [0.2, 0.25) is 5.91 Å². The third-order valence-electron chi connectivity index (χ3n) is 3.67. The van der Waals surface area contributed by atoms with Gasteiger partial charge in [-0.2, -0.15) is 8.78 Å². The van der Waals surface area contributed by atoms with Crippen LogP contribution in [0, 0.1) is 5.92 Å². The van der Waals surface area contributed by atoms with Crippen molar-refractivity contribution < 1.29 is 18.3 Å². The summed E-state index contributed by atoms with van der Waals surface area (Å²) in [6.07, 6.45) is 1.77. The minimum atomic E-state index is -2.83. The Labute approximate surface area is 134 Å². The molecule has 1 amide bonds. The number of alkyl halides is 2. The molecule has 1 heterocycles. The van der Waals surface area contributed by atoms with Gasteiger partial charge in [0.25, 0.3) is 0 Å². The van der Waals surface area contributed by atoms with E-state index in [0.29, 0.717) is 18.5 Å². The van der Waals surface area contributed by atoms with E-state index in [1.807, 2.05) is 0 Å². The van der Waals surface area contributed by atoms with Gasteiger partial charge in [-0.3, -0.25) is 10.2 Å². The van der Waals surface area contributed by atoms with Crippen LogP contribution in [0.2, 0.25) is 0 Å². The summed E-state index contributed by atoms with van der Waals surface area (Å²) in [6, 6.07) is 6.28. The first kappa shape index (κ1) is 17.6. The zero-order valence-electron chi connectivity index (χ0n) is 13.3. The fraction of sp³-hybridized carbons (Fsp3) is 0.562. The molecule has 23 heavy (non-hydrogen) atoms. The minimum absolute atomic E-state index is 0.0725. The second-order valence-corrected chi connectivity index (χ2v) is 6.14. The van der Waals surface area contributed by atoms with Gasteiger partial charge in [0.05, 0.1) is 0 Å². The fourth-order valence-corrected chi connectivity index (χ4v) is 2.62. The highest BCUT2D eigenvalue weighted by atomic mass is 19.3. The van der Waals surface area contributed by atoms with Crippen LogP contribution < -0.4 is 20.9 Å². The van der Waals surface area contributed by atoms with Gasteiger partial charge in [-0.05, 0) is 36.5 Å². The standard InChI is InChI=1S/C16H23F2N3O2/c1-10(2)7-12-8-14(21-20-12)15(22)19-9-11-3-5-13(6-4-11)23-16(17)18/h3-6,10,12,14,16,20-21H,7-9H2,1-2H3,(H,19,22). The Balaban J connectivity index is 1.76. The van der Waals surface area contributed by atoms with Crippen molar-refractivity contribution >= 4 is 5.91 Å². The van der Waals surface area contributed by atoms with Crippen molar-refractivity contribution in [2.75, 3.05) is 0 Å². The first-order chi connectivity index (χ1) is 10.9. The summed E-state index contributed by atoms with van der Waals surface area (Å²) >= 11 is 0. The predicted molar refractivity (Wildman–Crippen MR) is 82.8 cm³/mol.